The van der Waals surface area contributed by atoms with E-state index in [0.29, 0.717) is 43.5 Å². The quantitative estimate of drug-likeness (QED) is 0.642. The smallest absolute Gasteiger partial charge is 0.272 e. The van der Waals surface area contributed by atoms with Crippen molar-refractivity contribution >= 4 is 35.0 Å². The molecular formula is C25H28ClF2N5O3. The zero-order valence-corrected chi connectivity index (χ0v) is 20.7. The second-order valence-corrected chi connectivity index (χ2v) is 10.5. The van der Waals surface area contributed by atoms with E-state index in [9.17, 15) is 23.2 Å². The van der Waals surface area contributed by atoms with Gasteiger partial charge in [-0.15, -0.1) is 0 Å². The molecule has 192 valence electrons. The van der Waals surface area contributed by atoms with Crippen LogP contribution in [0, 0.1) is 18.2 Å². The number of hydrogen-bond acceptors (Lipinski definition) is 4. The van der Waals surface area contributed by atoms with Crippen molar-refractivity contribution in [2.45, 2.75) is 57.7 Å². The van der Waals surface area contributed by atoms with Gasteiger partial charge in [-0.3, -0.25) is 14.4 Å². The predicted octanol–water partition coefficient (Wildman–Crippen LogP) is 3.79. The highest BCUT2D eigenvalue weighted by Gasteiger charge is 2.47. The van der Waals surface area contributed by atoms with Crippen LogP contribution >= 0.6 is 11.6 Å². The lowest BCUT2D eigenvalue weighted by molar-refractivity contribution is -0.132. The summed E-state index contributed by atoms with van der Waals surface area (Å²) in [7, 11) is 0. The number of nitrogens with zero attached hydrogens (tertiary/aromatic N) is 3. The van der Waals surface area contributed by atoms with Gasteiger partial charge in [0.1, 0.15) is 17.7 Å². The van der Waals surface area contributed by atoms with Crippen LogP contribution in [0.3, 0.4) is 0 Å². The van der Waals surface area contributed by atoms with Crippen molar-refractivity contribution in [2.24, 2.45) is 5.41 Å². The average molecular weight is 520 g/mol. The molecule has 11 heteroatoms. The average Bonchev–Trinajstić information content (AvgIpc) is 3.33. The van der Waals surface area contributed by atoms with Crippen molar-refractivity contribution in [2.75, 3.05) is 24.5 Å². The Kier molecular flexibility index (Phi) is 6.48. The number of carbonyl (C=O) groups excluding carboxylic acids is 3. The predicted molar refractivity (Wildman–Crippen MR) is 129 cm³/mol. The monoisotopic (exact) mass is 519 g/mol. The number of H-pyrrole nitrogens is 1. The molecule has 2 N–H and O–H groups in total. The number of amides is 3. The van der Waals surface area contributed by atoms with E-state index in [1.54, 1.807) is 17.9 Å². The van der Waals surface area contributed by atoms with Crippen LogP contribution in [-0.2, 0) is 4.79 Å². The van der Waals surface area contributed by atoms with Crippen molar-refractivity contribution < 1.29 is 23.2 Å². The van der Waals surface area contributed by atoms with E-state index in [0.717, 1.165) is 12.8 Å². The van der Waals surface area contributed by atoms with Gasteiger partial charge in [-0.1, -0.05) is 11.6 Å². The van der Waals surface area contributed by atoms with E-state index in [1.807, 2.05) is 0 Å². The van der Waals surface area contributed by atoms with Gasteiger partial charge < -0.3 is 20.1 Å². The molecule has 5 rings (SSSR count). The van der Waals surface area contributed by atoms with Crippen LogP contribution in [0.4, 0.5) is 14.5 Å². The molecule has 8 nitrogen and oxygen atoms in total. The number of hydrogen-bond donors (Lipinski definition) is 2. The van der Waals surface area contributed by atoms with Crippen molar-refractivity contribution in [1.29, 1.82) is 0 Å². The van der Waals surface area contributed by atoms with Gasteiger partial charge in [0, 0.05) is 18.0 Å². The van der Waals surface area contributed by atoms with Crippen LogP contribution in [0.1, 0.15) is 65.1 Å². The summed E-state index contributed by atoms with van der Waals surface area (Å²) >= 11 is 6.30. The number of alkyl halides is 1. The second-order valence-electron chi connectivity index (χ2n) is 10.1. The zero-order chi connectivity index (χ0) is 25.6. The number of imidazole rings is 1. The number of anilines is 1. The molecule has 0 bridgehead atoms. The molecule has 1 aromatic heterocycles. The Labute approximate surface area is 212 Å². The standard InChI is InChI=1S/C25H28ClF2N5O3/c1-14-9-19(17(26)10-18(14)28)33-8-2-5-25(24(33)36)6-3-16(4-7-25)31-22(34)20-21(30-13-29-20)23(35)32-11-15(27)12-32/h9-10,13,15-16H,2-8,11-12H2,1H3,(H,29,30)(H,31,34). The molecule has 1 spiro atoms. The maximum Gasteiger partial charge on any atom is 0.272 e. The Balaban J connectivity index is 1.23. The molecule has 36 heavy (non-hydrogen) atoms. The van der Waals surface area contributed by atoms with Crippen LogP contribution in [0.25, 0.3) is 0 Å². The molecule has 1 aliphatic carbocycles. The van der Waals surface area contributed by atoms with E-state index in [2.05, 4.69) is 15.3 Å². The van der Waals surface area contributed by atoms with Crippen LogP contribution < -0.4 is 10.2 Å². The first kappa shape index (κ1) is 24.7. The number of piperidine rings is 1. The summed E-state index contributed by atoms with van der Waals surface area (Å²) < 4.78 is 27.0. The summed E-state index contributed by atoms with van der Waals surface area (Å²) in [5, 5.41) is 3.17. The Hall–Kier alpha value is -3.01. The molecule has 3 fully saturated rings. The molecule has 2 aromatic rings. The maximum absolute atomic E-state index is 13.9. The summed E-state index contributed by atoms with van der Waals surface area (Å²) in [5.41, 5.74) is 0.467. The number of aryl methyl sites for hydroxylation is 1. The summed E-state index contributed by atoms with van der Waals surface area (Å²) in [4.78, 5) is 48.8. The number of aromatic nitrogens is 2. The fraction of sp³-hybridized carbons (Fsp3) is 0.520. The van der Waals surface area contributed by atoms with Gasteiger partial charge >= 0.3 is 0 Å². The van der Waals surface area contributed by atoms with Gasteiger partial charge in [-0.2, -0.15) is 0 Å². The van der Waals surface area contributed by atoms with E-state index < -0.39 is 29.2 Å². The van der Waals surface area contributed by atoms with E-state index in [-0.39, 0.29) is 41.4 Å². The topological polar surface area (TPSA) is 98.4 Å². The number of likely N-dealkylation sites (tertiary alicyclic amines) is 1. The van der Waals surface area contributed by atoms with Gasteiger partial charge in [-0.25, -0.2) is 13.8 Å². The third-order valence-electron chi connectivity index (χ3n) is 7.73. The molecule has 3 amide bonds. The molecular weight excluding hydrogens is 492 g/mol. The molecule has 1 aromatic carbocycles. The molecule has 1 saturated carbocycles. The second kappa shape index (κ2) is 9.46. The third-order valence-corrected chi connectivity index (χ3v) is 8.03. The number of aromatic amines is 1. The number of halogens is 3. The van der Waals surface area contributed by atoms with Crippen molar-refractivity contribution in [3.05, 3.63) is 46.3 Å². The Morgan fingerprint density at radius 3 is 2.64 bits per heavy atom. The minimum atomic E-state index is -1.04. The molecule has 2 saturated heterocycles. The molecule has 0 unspecified atom stereocenters. The van der Waals surface area contributed by atoms with Crippen LogP contribution in [0.2, 0.25) is 5.02 Å². The Morgan fingerprint density at radius 2 is 1.94 bits per heavy atom. The molecule has 2 aliphatic heterocycles. The highest BCUT2D eigenvalue weighted by Crippen LogP contribution is 2.46. The fourth-order valence-electron chi connectivity index (χ4n) is 5.56. The SMILES string of the molecule is Cc1cc(N2CCCC3(CCC(NC(=O)c4nc[nH]c4C(=O)N4CC(F)C4)CC3)C2=O)c(Cl)cc1F. The number of carbonyl (C=O) groups is 3. The highest BCUT2D eigenvalue weighted by atomic mass is 35.5. The van der Waals surface area contributed by atoms with Gasteiger partial charge in [0.25, 0.3) is 11.8 Å². The fourth-order valence-corrected chi connectivity index (χ4v) is 5.81. The summed E-state index contributed by atoms with van der Waals surface area (Å²) in [6.45, 7) is 2.20. The third kappa shape index (κ3) is 4.36. The minimum Gasteiger partial charge on any atom is -0.348 e. The number of nitrogens with one attached hydrogen (secondary N) is 2. The van der Waals surface area contributed by atoms with E-state index in [1.165, 1.54) is 17.3 Å². The zero-order valence-electron chi connectivity index (χ0n) is 20.0. The summed E-state index contributed by atoms with van der Waals surface area (Å²) in [5.74, 6) is -1.33. The first-order valence-corrected chi connectivity index (χ1v) is 12.6. The van der Waals surface area contributed by atoms with Crippen LogP contribution in [0.15, 0.2) is 18.5 Å². The largest absolute Gasteiger partial charge is 0.348 e. The molecule has 3 aliphatic rings. The Bertz CT molecular complexity index is 1200. The summed E-state index contributed by atoms with van der Waals surface area (Å²) in [6, 6.07) is 2.71. The lowest BCUT2D eigenvalue weighted by atomic mass is 9.67. The van der Waals surface area contributed by atoms with Gasteiger partial charge in [0.05, 0.1) is 30.1 Å². The van der Waals surface area contributed by atoms with Gasteiger partial charge in [0.15, 0.2) is 5.69 Å². The van der Waals surface area contributed by atoms with Crippen LogP contribution in [0.5, 0.6) is 0 Å². The maximum atomic E-state index is 13.9. The lowest BCUT2D eigenvalue weighted by Gasteiger charge is -2.45. The van der Waals surface area contributed by atoms with Gasteiger partial charge in [0.2, 0.25) is 5.91 Å². The van der Waals surface area contributed by atoms with Crippen LogP contribution in [-0.4, -0.2) is 64.4 Å². The molecule has 0 atom stereocenters. The minimum absolute atomic E-state index is 0.00710. The van der Waals surface area contributed by atoms with Crippen molar-refractivity contribution in [1.82, 2.24) is 20.2 Å². The lowest BCUT2D eigenvalue weighted by Crippen LogP contribution is -2.53. The normalized spacial score (nSPS) is 24.7. The first-order valence-electron chi connectivity index (χ1n) is 12.2. The molecule has 0 radical (unpaired) electrons. The first-order chi connectivity index (χ1) is 17.2. The van der Waals surface area contributed by atoms with E-state index in [4.69, 9.17) is 11.6 Å². The Morgan fingerprint density at radius 1 is 1.22 bits per heavy atom. The van der Waals surface area contributed by atoms with E-state index >= 15 is 0 Å². The molecule has 3 heterocycles. The summed E-state index contributed by atoms with van der Waals surface area (Å²) in [6.07, 6.45) is 4.21. The van der Waals surface area contributed by atoms with Gasteiger partial charge in [-0.05, 0) is 63.1 Å². The van der Waals surface area contributed by atoms with Crippen molar-refractivity contribution in [3.63, 3.8) is 0 Å². The van der Waals surface area contributed by atoms with Crippen molar-refractivity contribution in [3.8, 4) is 0 Å². The number of rotatable bonds is 4. The highest BCUT2D eigenvalue weighted by molar-refractivity contribution is 6.34. The number of benzene rings is 1.